The molecular weight excluding hydrogens is 289 g/mol. The predicted octanol–water partition coefficient (Wildman–Crippen LogP) is 3.40. The molecule has 4 nitrogen and oxygen atoms in total. The summed E-state index contributed by atoms with van der Waals surface area (Å²) in [6, 6.07) is 6.41. The van der Waals surface area contributed by atoms with Crippen molar-refractivity contribution in [2.24, 2.45) is 5.73 Å². The normalized spacial score (nSPS) is 12.7. The van der Waals surface area contributed by atoms with Crippen LogP contribution in [0.25, 0.3) is 0 Å². The Morgan fingerprint density at radius 2 is 2.00 bits per heavy atom. The molecule has 1 unspecified atom stereocenters. The molecule has 0 amide bonds. The van der Waals surface area contributed by atoms with E-state index in [0.717, 1.165) is 10.6 Å². The summed E-state index contributed by atoms with van der Waals surface area (Å²) < 4.78 is 20.1. The zero-order chi connectivity index (χ0) is 15.4. The second-order valence-electron chi connectivity index (χ2n) is 5.01. The van der Waals surface area contributed by atoms with Gasteiger partial charge < -0.3 is 10.5 Å². The summed E-state index contributed by atoms with van der Waals surface area (Å²) in [6.45, 7) is 4.10. The van der Waals surface area contributed by atoms with Gasteiger partial charge in [-0.05, 0) is 38.1 Å². The molecule has 0 aliphatic rings. The van der Waals surface area contributed by atoms with Crippen LogP contribution in [0.4, 0.5) is 4.39 Å². The van der Waals surface area contributed by atoms with Crippen LogP contribution >= 0.6 is 11.8 Å². The Balaban J connectivity index is 2.11. The number of aromatic nitrogens is 2. The number of nitrogens with zero attached hydrogens (tertiary/aromatic N) is 2. The van der Waals surface area contributed by atoms with Gasteiger partial charge in [0.25, 0.3) is 0 Å². The molecule has 0 radical (unpaired) electrons. The minimum absolute atomic E-state index is 0.208. The molecule has 21 heavy (non-hydrogen) atoms. The monoisotopic (exact) mass is 309 g/mol. The largest absolute Gasteiger partial charge is 0.493 e. The smallest absolute Gasteiger partial charge is 0.161 e. The summed E-state index contributed by atoms with van der Waals surface area (Å²) in [5, 5.41) is 4.33. The predicted molar refractivity (Wildman–Crippen MR) is 83.2 cm³/mol. The van der Waals surface area contributed by atoms with E-state index in [-0.39, 0.29) is 17.9 Å². The summed E-state index contributed by atoms with van der Waals surface area (Å²) in [4.78, 5) is 0.987. The zero-order valence-electron chi connectivity index (χ0n) is 12.4. The van der Waals surface area contributed by atoms with Crippen molar-refractivity contribution in [1.82, 2.24) is 9.78 Å². The lowest BCUT2D eigenvalue weighted by Crippen LogP contribution is -2.20. The third-order valence-corrected chi connectivity index (χ3v) is 4.23. The first-order valence-corrected chi connectivity index (χ1v) is 7.76. The number of halogens is 1. The number of benzene rings is 1. The highest BCUT2D eigenvalue weighted by Gasteiger charge is 2.20. The average Bonchev–Trinajstić information content (AvgIpc) is 2.90. The Morgan fingerprint density at radius 1 is 1.33 bits per heavy atom. The van der Waals surface area contributed by atoms with Crippen LogP contribution in [0.1, 0.15) is 31.6 Å². The Hall–Kier alpha value is -1.53. The van der Waals surface area contributed by atoms with Crippen molar-refractivity contribution in [3.05, 3.63) is 42.0 Å². The Kier molecular flexibility index (Phi) is 5.25. The lowest BCUT2D eigenvalue weighted by molar-refractivity contribution is 0.399. The molecule has 0 aliphatic heterocycles. The molecule has 0 saturated heterocycles. The van der Waals surface area contributed by atoms with Gasteiger partial charge in [-0.25, -0.2) is 4.39 Å². The van der Waals surface area contributed by atoms with Gasteiger partial charge in [-0.15, -0.1) is 11.8 Å². The van der Waals surface area contributed by atoms with E-state index in [4.69, 9.17) is 10.5 Å². The van der Waals surface area contributed by atoms with Crippen LogP contribution in [0.3, 0.4) is 0 Å². The highest BCUT2D eigenvalue weighted by atomic mass is 32.2. The Morgan fingerprint density at radius 3 is 2.57 bits per heavy atom. The third kappa shape index (κ3) is 3.77. The van der Waals surface area contributed by atoms with Gasteiger partial charge in [0.05, 0.1) is 25.0 Å². The van der Waals surface area contributed by atoms with Crippen molar-refractivity contribution < 1.29 is 9.13 Å². The lowest BCUT2D eigenvalue weighted by atomic mass is 10.2. The molecule has 1 aromatic carbocycles. The van der Waals surface area contributed by atoms with E-state index in [9.17, 15) is 4.39 Å². The van der Waals surface area contributed by atoms with Crippen LogP contribution in [0.5, 0.6) is 5.75 Å². The maximum Gasteiger partial charge on any atom is 0.161 e. The first-order valence-electron chi connectivity index (χ1n) is 6.78. The van der Waals surface area contributed by atoms with Crippen LogP contribution in [0, 0.1) is 5.82 Å². The number of hydrogen-bond acceptors (Lipinski definition) is 4. The van der Waals surface area contributed by atoms with Gasteiger partial charge in [-0.2, -0.15) is 5.10 Å². The molecule has 0 bridgehead atoms. The van der Waals surface area contributed by atoms with Gasteiger partial charge in [-0.3, -0.25) is 4.68 Å². The molecule has 0 aliphatic carbocycles. The second kappa shape index (κ2) is 6.95. The standard InChI is InChI=1S/C15H20FN3OS/c1-10(2)19-15(14(20-3)8-18-19)13(17)9-21-12-6-4-11(16)5-7-12/h4-8,10,13H,9,17H2,1-3H3. The summed E-state index contributed by atoms with van der Waals surface area (Å²) in [5.41, 5.74) is 7.19. The van der Waals surface area contributed by atoms with Crippen LogP contribution in [0.15, 0.2) is 35.4 Å². The fraction of sp³-hybridized carbons (Fsp3) is 0.400. The first-order chi connectivity index (χ1) is 10.0. The molecule has 1 atom stereocenters. The third-order valence-electron chi connectivity index (χ3n) is 3.10. The fourth-order valence-corrected chi connectivity index (χ4v) is 2.93. The molecule has 2 rings (SSSR count). The van der Waals surface area contributed by atoms with Gasteiger partial charge in [0.1, 0.15) is 5.82 Å². The molecule has 2 N–H and O–H groups in total. The van der Waals surface area contributed by atoms with Crippen LogP contribution < -0.4 is 10.5 Å². The fourth-order valence-electron chi connectivity index (χ4n) is 2.07. The summed E-state index contributed by atoms with van der Waals surface area (Å²) in [7, 11) is 1.62. The minimum Gasteiger partial charge on any atom is -0.493 e. The number of rotatable bonds is 6. The summed E-state index contributed by atoms with van der Waals surface area (Å²) in [6.07, 6.45) is 1.69. The lowest BCUT2D eigenvalue weighted by Gasteiger charge is -2.17. The van der Waals surface area contributed by atoms with Crippen LogP contribution in [0.2, 0.25) is 0 Å². The van der Waals surface area contributed by atoms with E-state index in [2.05, 4.69) is 18.9 Å². The molecule has 2 aromatic rings. The SMILES string of the molecule is COc1cnn(C(C)C)c1C(N)CSc1ccc(F)cc1. The van der Waals surface area contributed by atoms with Gasteiger partial charge in [-0.1, -0.05) is 0 Å². The molecule has 0 fully saturated rings. The Bertz CT molecular complexity index is 583. The zero-order valence-corrected chi connectivity index (χ0v) is 13.2. The van der Waals surface area contributed by atoms with Gasteiger partial charge in [0.2, 0.25) is 0 Å². The van der Waals surface area contributed by atoms with E-state index in [1.165, 1.54) is 12.1 Å². The first kappa shape index (κ1) is 15.9. The number of nitrogens with two attached hydrogens (primary N) is 1. The molecule has 1 aromatic heterocycles. The molecule has 0 spiro atoms. The second-order valence-corrected chi connectivity index (χ2v) is 6.10. The average molecular weight is 309 g/mol. The molecule has 6 heteroatoms. The van der Waals surface area contributed by atoms with Gasteiger partial charge >= 0.3 is 0 Å². The Labute approximate surface area is 128 Å². The van der Waals surface area contributed by atoms with E-state index in [0.29, 0.717) is 11.5 Å². The van der Waals surface area contributed by atoms with Crippen LogP contribution in [-0.2, 0) is 0 Å². The molecule has 1 heterocycles. The molecule has 0 saturated carbocycles. The van der Waals surface area contributed by atoms with E-state index < -0.39 is 0 Å². The summed E-state index contributed by atoms with van der Waals surface area (Å²) >= 11 is 1.59. The highest BCUT2D eigenvalue weighted by Crippen LogP contribution is 2.30. The highest BCUT2D eigenvalue weighted by molar-refractivity contribution is 7.99. The quantitative estimate of drug-likeness (QED) is 0.831. The summed E-state index contributed by atoms with van der Waals surface area (Å²) in [5.74, 6) is 1.14. The maximum absolute atomic E-state index is 12.9. The number of hydrogen-bond donors (Lipinski definition) is 1. The van der Waals surface area contributed by atoms with E-state index in [1.807, 2.05) is 4.68 Å². The number of ether oxygens (including phenoxy) is 1. The van der Waals surface area contributed by atoms with Crippen LogP contribution in [-0.4, -0.2) is 22.6 Å². The molecular formula is C15H20FN3OS. The maximum atomic E-state index is 12.9. The van der Waals surface area contributed by atoms with E-state index >= 15 is 0 Å². The number of methoxy groups -OCH3 is 1. The van der Waals surface area contributed by atoms with Crippen molar-refractivity contribution in [1.29, 1.82) is 0 Å². The van der Waals surface area contributed by atoms with Crippen molar-refractivity contribution in [2.45, 2.75) is 30.8 Å². The van der Waals surface area contributed by atoms with E-state index in [1.54, 1.807) is 37.2 Å². The van der Waals surface area contributed by atoms with Gasteiger partial charge in [0, 0.05) is 16.7 Å². The minimum atomic E-state index is -0.233. The number of thioether (sulfide) groups is 1. The van der Waals surface area contributed by atoms with Crippen molar-refractivity contribution in [3.8, 4) is 5.75 Å². The topological polar surface area (TPSA) is 53.1 Å². The van der Waals surface area contributed by atoms with Crippen molar-refractivity contribution in [2.75, 3.05) is 12.9 Å². The molecule has 114 valence electrons. The van der Waals surface area contributed by atoms with Crippen molar-refractivity contribution >= 4 is 11.8 Å². The van der Waals surface area contributed by atoms with Gasteiger partial charge in [0.15, 0.2) is 5.75 Å². The van der Waals surface area contributed by atoms with Crippen molar-refractivity contribution in [3.63, 3.8) is 0 Å².